The van der Waals surface area contributed by atoms with Crippen molar-refractivity contribution in [1.29, 1.82) is 5.26 Å². The molecule has 2 aromatic rings. The second-order valence-corrected chi connectivity index (χ2v) is 7.83. The van der Waals surface area contributed by atoms with Crippen molar-refractivity contribution in [3.63, 3.8) is 0 Å². The average Bonchev–Trinajstić information content (AvgIpc) is 3.42. The Kier molecular flexibility index (Phi) is 5.62. The third-order valence-corrected chi connectivity index (χ3v) is 5.47. The molecule has 1 N–H and O–H groups in total. The number of carbonyl (C=O) groups excluding carboxylic acids is 1. The van der Waals surface area contributed by atoms with Gasteiger partial charge in [-0.25, -0.2) is 0 Å². The first kappa shape index (κ1) is 18.5. The summed E-state index contributed by atoms with van der Waals surface area (Å²) in [7, 11) is 0. The van der Waals surface area contributed by atoms with Crippen LogP contribution in [0.3, 0.4) is 0 Å². The summed E-state index contributed by atoms with van der Waals surface area (Å²) in [5.41, 5.74) is 0.443. The van der Waals surface area contributed by atoms with Gasteiger partial charge in [-0.05, 0) is 37.2 Å². The van der Waals surface area contributed by atoms with Crippen LogP contribution in [0.5, 0.6) is 0 Å². The minimum Gasteiger partial charge on any atom is -0.416 e. The van der Waals surface area contributed by atoms with Crippen LogP contribution in [-0.2, 0) is 11.2 Å². The molecule has 1 fully saturated rings. The molecule has 1 aromatic carbocycles. The van der Waals surface area contributed by atoms with Crippen molar-refractivity contribution >= 4 is 17.7 Å². The number of nitrogens with one attached hydrogen (secondary N) is 1. The topological polar surface area (TPSA) is 91.8 Å². The highest BCUT2D eigenvalue weighted by Crippen LogP contribution is 2.39. The Balaban J connectivity index is 1.49. The number of thioether (sulfide) groups is 1. The summed E-state index contributed by atoms with van der Waals surface area (Å²) in [6.45, 7) is 3.89. The molecular weight excluding hydrogens is 348 g/mol. The van der Waals surface area contributed by atoms with Crippen molar-refractivity contribution in [3.05, 3.63) is 41.8 Å². The Bertz CT molecular complexity index is 797. The van der Waals surface area contributed by atoms with E-state index >= 15 is 0 Å². The first-order chi connectivity index (χ1) is 12.5. The van der Waals surface area contributed by atoms with Gasteiger partial charge in [0.2, 0.25) is 11.8 Å². The van der Waals surface area contributed by atoms with Gasteiger partial charge in [-0.3, -0.25) is 4.79 Å². The first-order valence-corrected chi connectivity index (χ1v) is 9.71. The summed E-state index contributed by atoms with van der Waals surface area (Å²) in [5.74, 6) is 1.05. The minimum atomic E-state index is -0.775. The Morgan fingerprint density at radius 2 is 2.15 bits per heavy atom. The minimum absolute atomic E-state index is 0.153. The van der Waals surface area contributed by atoms with E-state index in [9.17, 15) is 10.1 Å². The summed E-state index contributed by atoms with van der Waals surface area (Å²) < 4.78 is 5.64. The summed E-state index contributed by atoms with van der Waals surface area (Å²) in [6.07, 6.45) is 2.63. The Hall–Kier alpha value is -2.33. The van der Waals surface area contributed by atoms with E-state index in [1.165, 1.54) is 17.3 Å². The van der Waals surface area contributed by atoms with Gasteiger partial charge >= 0.3 is 0 Å². The van der Waals surface area contributed by atoms with E-state index in [4.69, 9.17) is 4.42 Å². The SMILES string of the molecule is CC(Cc1nnc(SCC(=O)NC(C)(C#N)C2CC2)o1)c1ccccc1. The Labute approximate surface area is 157 Å². The summed E-state index contributed by atoms with van der Waals surface area (Å²) >= 11 is 1.19. The van der Waals surface area contributed by atoms with Crippen molar-refractivity contribution < 1.29 is 9.21 Å². The zero-order chi connectivity index (χ0) is 18.6. The third-order valence-electron chi connectivity index (χ3n) is 4.65. The highest BCUT2D eigenvalue weighted by atomic mass is 32.2. The van der Waals surface area contributed by atoms with E-state index < -0.39 is 5.54 Å². The van der Waals surface area contributed by atoms with Crippen LogP contribution in [0, 0.1) is 17.2 Å². The molecule has 136 valence electrons. The summed E-state index contributed by atoms with van der Waals surface area (Å²) in [5, 5.41) is 20.6. The second kappa shape index (κ2) is 7.92. The van der Waals surface area contributed by atoms with Crippen LogP contribution in [0.4, 0.5) is 0 Å². The highest BCUT2D eigenvalue weighted by Gasteiger charge is 2.42. The zero-order valence-corrected chi connectivity index (χ0v) is 15.8. The summed E-state index contributed by atoms with van der Waals surface area (Å²) in [4.78, 5) is 12.1. The fourth-order valence-corrected chi connectivity index (χ4v) is 3.46. The van der Waals surface area contributed by atoms with Crippen molar-refractivity contribution in [2.45, 2.75) is 49.8 Å². The molecule has 1 amide bonds. The predicted molar refractivity (Wildman–Crippen MR) is 98.5 cm³/mol. The number of carbonyl (C=O) groups is 1. The number of aromatic nitrogens is 2. The van der Waals surface area contributed by atoms with Gasteiger partial charge in [0, 0.05) is 6.42 Å². The number of hydrogen-bond donors (Lipinski definition) is 1. The lowest BCUT2D eigenvalue weighted by Crippen LogP contribution is -2.47. The van der Waals surface area contributed by atoms with Gasteiger partial charge in [0.25, 0.3) is 5.22 Å². The molecule has 0 aliphatic heterocycles. The quantitative estimate of drug-likeness (QED) is 0.717. The van der Waals surface area contributed by atoms with Gasteiger partial charge in [0.1, 0.15) is 5.54 Å². The lowest BCUT2D eigenvalue weighted by Gasteiger charge is -2.22. The molecule has 0 radical (unpaired) electrons. The molecule has 0 spiro atoms. The number of benzene rings is 1. The molecule has 7 heteroatoms. The molecule has 0 bridgehead atoms. The van der Waals surface area contributed by atoms with E-state index in [0.717, 1.165) is 12.8 Å². The molecular formula is C19H22N4O2S. The largest absolute Gasteiger partial charge is 0.416 e. The molecule has 1 aromatic heterocycles. The zero-order valence-electron chi connectivity index (χ0n) is 14.9. The van der Waals surface area contributed by atoms with E-state index in [1.807, 2.05) is 18.2 Å². The maximum Gasteiger partial charge on any atom is 0.277 e. The van der Waals surface area contributed by atoms with Crippen molar-refractivity contribution in [2.75, 3.05) is 5.75 Å². The van der Waals surface area contributed by atoms with Crippen LogP contribution in [0.25, 0.3) is 0 Å². The molecule has 2 unspecified atom stereocenters. The molecule has 2 atom stereocenters. The Morgan fingerprint density at radius 3 is 2.81 bits per heavy atom. The molecule has 0 saturated heterocycles. The fraction of sp³-hybridized carbons (Fsp3) is 0.474. The molecule has 26 heavy (non-hydrogen) atoms. The van der Waals surface area contributed by atoms with E-state index in [2.05, 4.69) is 40.6 Å². The normalized spacial score (nSPS) is 17.1. The van der Waals surface area contributed by atoms with E-state index in [0.29, 0.717) is 17.5 Å². The van der Waals surface area contributed by atoms with E-state index in [-0.39, 0.29) is 23.5 Å². The van der Waals surface area contributed by atoms with E-state index in [1.54, 1.807) is 6.92 Å². The van der Waals surface area contributed by atoms with Crippen molar-refractivity contribution in [2.24, 2.45) is 5.92 Å². The predicted octanol–water partition coefficient (Wildman–Crippen LogP) is 3.32. The second-order valence-electron chi connectivity index (χ2n) is 6.90. The lowest BCUT2D eigenvalue weighted by molar-refractivity contribution is -0.119. The van der Waals surface area contributed by atoms with Crippen molar-refractivity contribution in [1.82, 2.24) is 15.5 Å². The lowest BCUT2D eigenvalue weighted by atomic mass is 9.98. The van der Waals surface area contributed by atoms with Crippen LogP contribution in [0.15, 0.2) is 40.0 Å². The van der Waals surface area contributed by atoms with Crippen LogP contribution >= 0.6 is 11.8 Å². The van der Waals surface area contributed by atoms with Crippen LogP contribution in [-0.4, -0.2) is 27.4 Å². The summed E-state index contributed by atoms with van der Waals surface area (Å²) in [6, 6.07) is 12.4. The number of amides is 1. The van der Waals surface area contributed by atoms with Gasteiger partial charge in [-0.2, -0.15) is 5.26 Å². The molecule has 6 nitrogen and oxygen atoms in total. The van der Waals surface area contributed by atoms with Gasteiger partial charge in [0.05, 0.1) is 11.8 Å². The van der Waals surface area contributed by atoms with Crippen molar-refractivity contribution in [3.8, 4) is 6.07 Å². The number of nitriles is 1. The van der Waals surface area contributed by atoms with Gasteiger partial charge in [-0.1, -0.05) is 49.0 Å². The fourth-order valence-electron chi connectivity index (χ4n) is 2.88. The molecule has 1 saturated carbocycles. The smallest absolute Gasteiger partial charge is 0.277 e. The molecule has 1 heterocycles. The van der Waals surface area contributed by atoms with Gasteiger partial charge in [0.15, 0.2) is 0 Å². The Morgan fingerprint density at radius 1 is 1.42 bits per heavy atom. The maximum atomic E-state index is 12.1. The number of rotatable bonds is 8. The number of nitrogens with zero attached hydrogens (tertiary/aromatic N) is 3. The molecule has 3 rings (SSSR count). The monoisotopic (exact) mass is 370 g/mol. The highest BCUT2D eigenvalue weighted by molar-refractivity contribution is 7.99. The van der Waals surface area contributed by atoms with Gasteiger partial charge in [-0.15, -0.1) is 10.2 Å². The van der Waals surface area contributed by atoms with Crippen LogP contribution in [0.1, 0.15) is 44.1 Å². The van der Waals surface area contributed by atoms with Gasteiger partial charge < -0.3 is 9.73 Å². The maximum absolute atomic E-state index is 12.1. The third kappa shape index (κ3) is 4.64. The van der Waals surface area contributed by atoms with Crippen LogP contribution < -0.4 is 5.32 Å². The number of hydrogen-bond acceptors (Lipinski definition) is 6. The standard InChI is InChI=1S/C19H22N4O2S/c1-13(14-6-4-3-5-7-14)10-17-22-23-18(25-17)26-11-16(24)21-19(2,12-20)15-8-9-15/h3-7,13,15H,8-11H2,1-2H3,(H,21,24). The molecule has 1 aliphatic carbocycles. The van der Waals surface area contributed by atoms with Crippen LogP contribution in [0.2, 0.25) is 0 Å². The molecule has 1 aliphatic rings. The first-order valence-electron chi connectivity index (χ1n) is 8.72. The average molecular weight is 370 g/mol.